The van der Waals surface area contributed by atoms with Gasteiger partial charge in [0.05, 0.1) is 18.8 Å². The van der Waals surface area contributed by atoms with Crippen LogP contribution in [-0.4, -0.2) is 45.4 Å². The van der Waals surface area contributed by atoms with E-state index >= 15 is 0 Å². The first-order chi connectivity index (χ1) is 16.3. The maximum absolute atomic E-state index is 11.9. The van der Waals surface area contributed by atoms with Gasteiger partial charge >= 0.3 is 13.1 Å². The third-order valence-electron chi connectivity index (χ3n) is 7.76. The van der Waals surface area contributed by atoms with E-state index in [-0.39, 0.29) is 6.42 Å². The van der Waals surface area contributed by atoms with Gasteiger partial charge in [0.2, 0.25) is 0 Å². The van der Waals surface area contributed by atoms with Crippen molar-refractivity contribution in [1.29, 1.82) is 0 Å². The van der Waals surface area contributed by atoms with Gasteiger partial charge in [0.25, 0.3) is 5.79 Å². The average Bonchev–Trinajstić information content (AvgIpc) is 3.63. The van der Waals surface area contributed by atoms with Gasteiger partial charge in [-0.2, -0.15) is 0 Å². The Hall–Kier alpha value is -1.77. The number of benzene rings is 2. The zero-order valence-corrected chi connectivity index (χ0v) is 21.9. The Labute approximate surface area is 206 Å². The largest absolute Gasteiger partial charge is 0.493 e. The predicted octanol–water partition coefficient (Wildman–Crippen LogP) is 3.45. The first-order valence-electron chi connectivity index (χ1n) is 12.0. The molecule has 2 heterocycles. The highest BCUT2D eigenvalue weighted by atomic mass is 31.2. The van der Waals surface area contributed by atoms with E-state index < -0.39 is 31.1 Å². The molecule has 2 saturated heterocycles. The van der Waals surface area contributed by atoms with Crippen LogP contribution in [0.5, 0.6) is 5.75 Å². The van der Waals surface area contributed by atoms with Crippen LogP contribution in [-0.2, 0) is 26.5 Å². The van der Waals surface area contributed by atoms with Gasteiger partial charge in [-0.1, -0.05) is 18.2 Å². The second kappa shape index (κ2) is 8.96. The van der Waals surface area contributed by atoms with Crippen LogP contribution < -0.4 is 10.5 Å². The van der Waals surface area contributed by atoms with Crippen molar-refractivity contribution >= 4 is 7.60 Å². The zero-order chi connectivity index (χ0) is 25.8. The van der Waals surface area contributed by atoms with Gasteiger partial charge in [-0.15, -0.1) is 0 Å². The molecule has 1 unspecified atom stereocenters. The highest BCUT2D eigenvalue weighted by Crippen LogP contribution is 3.00. The van der Waals surface area contributed by atoms with Crippen molar-refractivity contribution in [1.82, 2.24) is 0 Å². The molecule has 192 valence electrons. The minimum Gasteiger partial charge on any atom is -0.493 e. The maximum atomic E-state index is 11.9. The van der Waals surface area contributed by atoms with Crippen LogP contribution >= 0.6 is 7.60 Å². The van der Waals surface area contributed by atoms with Crippen LogP contribution in [0.3, 0.4) is 0 Å². The van der Waals surface area contributed by atoms with Gasteiger partial charge in [0, 0.05) is 0 Å². The van der Waals surface area contributed by atoms with Gasteiger partial charge in [0.1, 0.15) is 5.75 Å². The Morgan fingerprint density at radius 3 is 2.23 bits per heavy atom. The number of hydrogen-bond donors (Lipinski definition) is 4. The summed E-state index contributed by atoms with van der Waals surface area (Å²) in [4.78, 5) is 0. The second-order valence-electron chi connectivity index (χ2n) is 10.0. The Kier molecular flexibility index (Phi) is 6.73. The van der Waals surface area contributed by atoms with E-state index in [4.69, 9.17) is 19.5 Å². The van der Waals surface area contributed by atoms with Crippen molar-refractivity contribution in [2.45, 2.75) is 77.2 Å². The summed E-state index contributed by atoms with van der Waals surface area (Å²) >= 11 is 0. The van der Waals surface area contributed by atoms with Gasteiger partial charge in [-0.05, 0) is 105 Å². The summed E-state index contributed by atoms with van der Waals surface area (Å²) in [5.74, 6) is -2.01. The van der Waals surface area contributed by atoms with E-state index in [0.29, 0.717) is 13.0 Å². The topological polar surface area (TPSA) is 138 Å². The molecule has 1 atom stereocenters. The quantitative estimate of drug-likeness (QED) is 0.158. The number of ether oxygens (including phenoxy) is 1. The zero-order valence-electron chi connectivity index (χ0n) is 21.1. The normalized spacial score (nSPS) is 24.6. The molecule has 0 aromatic heterocycles. The van der Waals surface area contributed by atoms with Crippen LogP contribution in [0.1, 0.15) is 51.8 Å². The summed E-state index contributed by atoms with van der Waals surface area (Å²) in [6.07, 6.45) is 2.14. The lowest BCUT2D eigenvalue weighted by Gasteiger charge is -2.38. The van der Waals surface area contributed by atoms with Crippen molar-refractivity contribution in [3.63, 3.8) is 0 Å². The van der Waals surface area contributed by atoms with Crippen LogP contribution in [0.2, 0.25) is 0 Å². The van der Waals surface area contributed by atoms with Crippen molar-refractivity contribution in [3.8, 4) is 5.75 Å². The van der Waals surface area contributed by atoms with E-state index in [1.807, 2.05) is 26.8 Å². The number of aliphatic hydroxyl groups is 3. The molecule has 0 bridgehead atoms. The molecule has 4 rings (SSSR count). The van der Waals surface area contributed by atoms with Gasteiger partial charge in [-0.25, -0.2) is 0 Å². The van der Waals surface area contributed by atoms with Crippen LogP contribution in [0.4, 0.5) is 0 Å². The molecular formula is C26H36NO7P. The predicted molar refractivity (Wildman–Crippen MR) is 132 cm³/mol. The first-order valence-corrected chi connectivity index (χ1v) is 13.5. The molecule has 0 amide bonds. The fourth-order valence-corrected chi connectivity index (χ4v) is 6.40. The van der Waals surface area contributed by atoms with Crippen molar-refractivity contribution in [2.75, 3.05) is 13.2 Å². The lowest BCUT2D eigenvalue weighted by molar-refractivity contribution is -0.290. The molecular weight excluding hydrogens is 469 g/mol. The molecule has 0 radical (unpaired) electrons. The van der Waals surface area contributed by atoms with Crippen molar-refractivity contribution in [2.24, 2.45) is 5.73 Å². The van der Waals surface area contributed by atoms with Gasteiger partial charge in [0.15, 0.2) is 0 Å². The number of fused-ring (bicyclic) bond motifs is 1. The summed E-state index contributed by atoms with van der Waals surface area (Å²) in [5.41, 5.74) is 10.3. The smallest absolute Gasteiger partial charge is 0.403 e. The highest BCUT2D eigenvalue weighted by molar-refractivity contribution is 7.68. The van der Waals surface area contributed by atoms with Gasteiger partial charge < -0.3 is 25.8 Å². The second-order valence-corrected chi connectivity index (χ2v) is 12.0. The SMILES string of the molecule is Cc1ccc(CCCOc2cc(CCC(N)(CO)C(O)(O)C34OP3(=O)O4)c(C)c(C)c2C)cc1C. The summed E-state index contributed by atoms with van der Waals surface area (Å²) < 4.78 is 27.7. The third-order valence-corrected chi connectivity index (χ3v) is 9.64. The van der Waals surface area contributed by atoms with E-state index in [1.165, 1.54) is 16.7 Å². The van der Waals surface area contributed by atoms with E-state index in [0.717, 1.165) is 40.8 Å². The summed E-state index contributed by atoms with van der Waals surface area (Å²) in [7, 11) is -3.47. The number of nitrogens with two attached hydrogens (primary N) is 1. The lowest BCUT2D eigenvalue weighted by Crippen LogP contribution is -2.68. The summed E-state index contributed by atoms with van der Waals surface area (Å²) in [6.45, 7) is 10.1. The van der Waals surface area contributed by atoms with E-state index in [9.17, 15) is 19.9 Å². The average molecular weight is 506 g/mol. The molecule has 5 N–H and O–H groups in total. The summed E-state index contributed by atoms with van der Waals surface area (Å²) in [6, 6.07) is 8.47. The molecule has 0 saturated carbocycles. The molecule has 2 aromatic rings. The molecule has 9 heteroatoms. The molecule has 2 aliphatic rings. The molecule has 35 heavy (non-hydrogen) atoms. The lowest BCUT2D eigenvalue weighted by atomic mass is 9.82. The van der Waals surface area contributed by atoms with Crippen LogP contribution in [0.25, 0.3) is 0 Å². The first kappa shape index (κ1) is 26.3. The fourth-order valence-electron chi connectivity index (χ4n) is 4.55. The number of hydrogen-bond acceptors (Lipinski definition) is 8. The maximum Gasteiger partial charge on any atom is 0.403 e. The molecule has 2 aliphatic heterocycles. The van der Waals surface area contributed by atoms with Crippen molar-refractivity contribution in [3.05, 3.63) is 63.2 Å². The molecule has 0 aliphatic carbocycles. The van der Waals surface area contributed by atoms with E-state index in [2.05, 4.69) is 32.0 Å². The van der Waals surface area contributed by atoms with Crippen molar-refractivity contribution < 1.29 is 33.7 Å². The fraction of sp³-hybridized carbons (Fsp3) is 0.538. The molecule has 8 nitrogen and oxygen atoms in total. The molecule has 0 spiro atoms. The molecule has 2 fully saturated rings. The highest BCUT2D eigenvalue weighted by Gasteiger charge is 3.01. The van der Waals surface area contributed by atoms with Crippen LogP contribution in [0.15, 0.2) is 24.3 Å². The molecule has 2 aromatic carbocycles. The summed E-state index contributed by atoms with van der Waals surface area (Å²) in [5, 5.41) is 31.2. The Morgan fingerprint density at radius 2 is 1.66 bits per heavy atom. The van der Waals surface area contributed by atoms with Crippen LogP contribution in [0, 0.1) is 34.6 Å². The number of rotatable bonds is 11. The van der Waals surface area contributed by atoms with E-state index in [1.54, 1.807) is 0 Å². The van der Waals surface area contributed by atoms with Gasteiger partial charge in [-0.3, -0.25) is 13.6 Å². The Morgan fingerprint density at radius 1 is 1.00 bits per heavy atom. The Balaban J connectivity index is 1.42. The number of aliphatic hydroxyl groups excluding tert-OH is 1. The minimum absolute atomic E-state index is 0.000522. The monoisotopic (exact) mass is 505 g/mol. The third kappa shape index (κ3) is 4.36. The number of aryl methyl sites for hydroxylation is 4. The standard InChI is InChI=1S/C26H36NO7P/c1-16-8-9-21(13-17(16)2)7-6-12-32-23-14-22(19(4)18(3)20(23)5)10-11-24(27,15-28)25(29,30)26-33-35(26,31)34-26/h8-9,13-14,28-30H,6-7,10-12,15,27H2,1-5H3. The minimum atomic E-state index is -3.47. The Bertz CT molecular complexity index is 1180.